The number of rotatable bonds is 10. The molecule has 104 valence electrons. The van der Waals surface area contributed by atoms with E-state index in [2.05, 4.69) is 42.3 Å². The van der Waals surface area contributed by atoms with Gasteiger partial charge in [0.25, 0.3) is 5.82 Å². The molecular weight excluding hydrogens is 220 g/mol. The van der Waals surface area contributed by atoms with Crippen LogP contribution >= 0.6 is 0 Å². The van der Waals surface area contributed by atoms with Gasteiger partial charge in [0.05, 0.1) is 13.1 Å². The Morgan fingerprint density at radius 2 is 1.67 bits per heavy atom. The number of imidazole rings is 1. The standard InChI is InChI=1S/C16H31N2/c1-4-7-9-10-12-16-17(6-3)14-15-18(16)13-11-8-5-2/h14-15H,4-13H2,1-3H3/q+1. The van der Waals surface area contributed by atoms with Crippen molar-refractivity contribution in [2.75, 3.05) is 0 Å². The summed E-state index contributed by atoms with van der Waals surface area (Å²) in [4.78, 5) is 0. The minimum absolute atomic E-state index is 1.10. The maximum Gasteiger partial charge on any atom is 0.256 e. The minimum atomic E-state index is 1.10. The Hall–Kier alpha value is -0.790. The third-order valence-corrected chi connectivity index (χ3v) is 3.69. The van der Waals surface area contributed by atoms with E-state index in [9.17, 15) is 0 Å². The molecule has 0 bridgehead atoms. The Morgan fingerprint density at radius 1 is 0.944 bits per heavy atom. The molecule has 1 aromatic heterocycles. The summed E-state index contributed by atoms with van der Waals surface area (Å²) in [6, 6.07) is 0. The summed E-state index contributed by atoms with van der Waals surface area (Å²) >= 11 is 0. The van der Waals surface area contributed by atoms with Crippen molar-refractivity contribution >= 4 is 0 Å². The molecule has 0 saturated heterocycles. The monoisotopic (exact) mass is 251 g/mol. The molecule has 2 heteroatoms. The lowest BCUT2D eigenvalue weighted by molar-refractivity contribution is -0.700. The molecule has 0 unspecified atom stereocenters. The highest BCUT2D eigenvalue weighted by Crippen LogP contribution is 2.07. The number of aromatic nitrogens is 2. The van der Waals surface area contributed by atoms with Gasteiger partial charge < -0.3 is 0 Å². The molecule has 0 amide bonds. The third kappa shape index (κ3) is 4.83. The topological polar surface area (TPSA) is 8.81 Å². The second-order valence-electron chi connectivity index (χ2n) is 5.21. The predicted octanol–water partition coefficient (Wildman–Crippen LogP) is 4.11. The molecule has 0 spiro atoms. The molecule has 0 fully saturated rings. The SMILES string of the molecule is CCCCCCc1n(CCCCC)cc[n+]1CC. The molecule has 0 aliphatic carbocycles. The lowest BCUT2D eigenvalue weighted by Crippen LogP contribution is -2.36. The van der Waals surface area contributed by atoms with Crippen molar-refractivity contribution in [3.63, 3.8) is 0 Å². The average Bonchev–Trinajstić information content (AvgIpc) is 2.77. The molecular formula is C16H31N2+. The lowest BCUT2D eigenvalue weighted by Gasteiger charge is -2.04. The third-order valence-electron chi connectivity index (χ3n) is 3.69. The Bertz CT molecular complexity index is 315. The van der Waals surface area contributed by atoms with Crippen molar-refractivity contribution in [3.05, 3.63) is 18.2 Å². The molecule has 1 aromatic rings. The second kappa shape index (κ2) is 9.18. The summed E-state index contributed by atoms with van der Waals surface area (Å²) in [6.07, 6.45) is 15.2. The van der Waals surface area contributed by atoms with Crippen molar-refractivity contribution in [1.82, 2.24) is 4.57 Å². The fraction of sp³-hybridized carbons (Fsp3) is 0.812. The van der Waals surface area contributed by atoms with E-state index in [1.165, 1.54) is 63.7 Å². The summed E-state index contributed by atoms with van der Waals surface area (Å²) in [5.74, 6) is 1.53. The van der Waals surface area contributed by atoms with E-state index in [4.69, 9.17) is 0 Å². The summed E-state index contributed by atoms with van der Waals surface area (Å²) in [7, 11) is 0. The van der Waals surface area contributed by atoms with E-state index in [0.29, 0.717) is 0 Å². The van der Waals surface area contributed by atoms with Gasteiger partial charge in [-0.25, -0.2) is 9.13 Å². The molecule has 1 rings (SSSR count). The quantitative estimate of drug-likeness (QED) is 0.437. The first kappa shape index (κ1) is 15.3. The molecule has 18 heavy (non-hydrogen) atoms. The van der Waals surface area contributed by atoms with Gasteiger partial charge in [-0.3, -0.25) is 0 Å². The van der Waals surface area contributed by atoms with Gasteiger partial charge in [-0.2, -0.15) is 0 Å². The fourth-order valence-electron chi connectivity index (χ4n) is 2.52. The van der Waals surface area contributed by atoms with Gasteiger partial charge in [0, 0.05) is 6.42 Å². The number of aryl methyl sites for hydroxylation is 2. The Balaban J connectivity index is 2.51. The normalized spacial score (nSPS) is 11.1. The predicted molar refractivity (Wildman–Crippen MR) is 77.7 cm³/mol. The summed E-state index contributed by atoms with van der Waals surface area (Å²) in [6.45, 7) is 9.09. The van der Waals surface area contributed by atoms with Crippen LogP contribution in [0.3, 0.4) is 0 Å². The Labute approximate surface area is 113 Å². The van der Waals surface area contributed by atoms with Gasteiger partial charge in [-0.15, -0.1) is 0 Å². The number of unbranched alkanes of at least 4 members (excludes halogenated alkanes) is 5. The molecule has 0 saturated carbocycles. The smallest absolute Gasteiger partial charge is 0.235 e. The van der Waals surface area contributed by atoms with Crippen molar-refractivity contribution in [2.45, 2.75) is 85.2 Å². The Kier molecular flexibility index (Phi) is 7.79. The average molecular weight is 251 g/mol. The highest BCUT2D eigenvalue weighted by molar-refractivity contribution is 4.84. The van der Waals surface area contributed by atoms with Crippen LogP contribution in [0.25, 0.3) is 0 Å². The van der Waals surface area contributed by atoms with Crippen LogP contribution in [0.2, 0.25) is 0 Å². The highest BCUT2D eigenvalue weighted by Gasteiger charge is 2.14. The van der Waals surface area contributed by atoms with E-state index in [1.807, 2.05) is 0 Å². The fourth-order valence-corrected chi connectivity index (χ4v) is 2.52. The number of hydrogen-bond donors (Lipinski definition) is 0. The van der Waals surface area contributed by atoms with Crippen molar-refractivity contribution < 1.29 is 4.57 Å². The van der Waals surface area contributed by atoms with Crippen LogP contribution in [-0.4, -0.2) is 4.57 Å². The molecule has 1 heterocycles. The maximum absolute atomic E-state index is 2.48. The molecule has 0 radical (unpaired) electrons. The van der Waals surface area contributed by atoms with Crippen LogP contribution in [0, 0.1) is 0 Å². The van der Waals surface area contributed by atoms with Crippen molar-refractivity contribution in [2.24, 2.45) is 0 Å². The highest BCUT2D eigenvalue weighted by atomic mass is 15.1. The molecule has 2 nitrogen and oxygen atoms in total. The van der Waals surface area contributed by atoms with E-state index in [-0.39, 0.29) is 0 Å². The molecule has 0 aliphatic heterocycles. The van der Waals surface area contributed by atoms with Gasteiger partial charge >= 0.3 is 0 Å². The van der Waals surface area contributed by atoms with Crippen LogP contribution in [-0.2, 0) is 19.5 Å². The van der Waals surface area contributed by atoms with Crippen LogP contribution < -0.4 is 4.57 Å². The zero-order chi connectivity index (χ0) is 13.2. The van der Waals surface area contributed by atoms with Crippen molar-refractivity contribution in [3.8, 4) is 0 Å². The van der Waals surface area contributed by atoms with E-state index in [1.54, 1.807) is 0 Å². The number of hydrogen-bond acceptors (Lipinski definition) is 0. The van der Waals surface area contributed by atoms with Crippen molar-refractivity contribution in [1.29, 1.82) is 0 Å². The van der Waals surface area contributed by atoms with Gasteiger partial charge in [-0.1, -0.05) is 39.5 Å². The number of nitrogens with zero attached hydrogens (tertiary/aromatic N) is 2. The van der Waals surface area contributed by atoms with E-state index in [0.717, 1.165) is 6.54 Å². The zero-order valence-electron chi connectivity index (χ0n) is 12.6. The maximum atomic E-state index is 2.48. The first-order chi connectivity index (χ1) is 8.83. The molecule has 0 N–H and O–H groups in total. The van der Waals surface area contributed by atoms with E-state index >= 15 is 0 Å². The van der Waals surface area contributed by atoms with Gasteiger partial charge in [0.1, 0.15) is 12.4 Å². The first-order valence-corrected chi connectivity index (χ1v) is 7.90. The van der Waals surface area contributed by atoms with Gasteiger partial charge in [0.2, 0.25) is 0 Å². The summed E-state index contributed by atoms with van der Waals surface area (Å²) in [5.41, 5.74) is 0. The second-order valence-corrected chi connectivity index (χ2v) is 5.21. The largest absolute Gasteiger partial charge is 0.256 e. The zero-order valence-corrected chi connectivity index (χ0v) is 12.6. The summed E-state index contributed by atoms with van der Waals surface area (Å²) < 4.78 is 4.89. The first-order valence-electron chi connectivity index (χ1n) is 7.90. The van der Waals surface area contributed by atoms with Crippen LogP contribution in [0.4, 0.5) is 0 Å². The molecule has 0 aliphatic rings. The molecule has 0 aromatic carbocycles. The minimum Gasteiger partial charge on any atom is -0.235 e. The van der Waals surface area contributed by atoms with Crippen LogP contribution in [0.5, 0.6) is 0 Å². The van der Waals surface area contributed by atoms with Crippen LogP contribution in [0.15, 0.2) is 12.4 Å². The van der Waals surface area contributed by atoms with Gasteiger partial charge in [-0.05, 0) is 26.2 Å². The van der Waals surface area contributed by atoms with Crippen LogP contribution in [0.1, 0.15) is 71.5 Å². The lowest BCUT2D eigenvalue weighted by atomic mass is 10.1. The van der Waals surface area contributed by atoms with Gasteiger partial charge in [0.15, 0.2) is 0 Å². The molecule has 0 atom stereocenters. The summed E-state index contributed by atoms with van der Waals surface area (Å²) in [5, 5.41) is 0. The Morgan fingerprint density at radius 3 is 2.33 bits per heavy atom. The van der Waals surface area contributed by atoms with E-state index < -0.39 is 0 Å².